The predicted molar refractivity (Wildman–Crippen MR) is 110 cm³/mol. The summed E-state index contributed by atoms with van der Waals surface area (Å²) < 4.78 is 0. The first kappa shape index (κ1) is 16.8. The molecule has 7 nitrogen and oxygen atoms in total. The number of imidazole rings is 1. The van der Waals surface area contributed by atoms with E-state index in [0.717, 1.165) is 16.9 Å². The van der Waals surface area contributed by atoms with E-state index in [4.69, 9.17) is 0 Å². The van der Waals surface area contributed by atoms with Gasteiger partial charge in [0, 0.05) is 32.0 Å². The molecule has 2 heterocycles. The summed E-state index contributed by atoms with van der Waals surface area (Å²) in [6, 6.07) is 18.3. The lowest BCUT2D eigenvalue weighted by molar-refractivity contribution is 1.10. The highest BCUT2D eigenvalue weighted by Gasteiger charge is 2.10. The zero-order chi connectivity index (χ0) is 18.6. The maximum atomic E-state index is 4.64. The molecule has 0 saturated heterocycles. The van der Waals surface area contributed by atoms with E-state index in [1.165, 1.54) is 5.56 Å². The number of anilines is 4. The molecule has 0 fully saturated rings. The van der Waals surface area contributed by atoms with Crippen molar-refractivity contribution in [3.05, 3.63) is 66.5 Å². The number of hydrogen-bond acceptors (Lipinski definition) is 6. The van der Waals surface area contributed by atoms with Gasteiger partial charge in [0.15, 0.2) is 11.5 Å². The molecule has 2 aromatic heterocycles. The number of aromatic amines is 1. The van der Waals surface area contributed by atoms with Crippen molar-refractivity contribution < 1.29 is 0 Å². The smallest absolute Gasteiger partial charge is 0.231 e. The van der Waals surface area contributed by atoms with Gasteiger partial charge in [-0.3, -0.25) is 0 Å². The van der Waals surface area contributed by atoms with Crippen molar-refractivity contribution >= 4 is 34.3 Å². The van der Waals surface area contributed by atoms with Crippen molar-refractivity contribution in [1.82, 2.24) is 19.9 Å². The van der Waals surface area contributed by atoms with Crippen LogP contribution >= 0.6 is 0 Å². The van der Waals surface area contributed by atoms with Gasteiger partial charge in [-0.25, -0.2) is 4.98 Å². The van der Waals surface area contributed by atoms with E-state index in [1.54, 1.807) is 6.33 Å². The molecule has 0 aliphatic carbocycles. The Morgan fingerprint density at radius 1 is 1.00 bits per heavy atom. The lowest BCUT2D eigenvalue weighted by Gasteiger charge is -2.14. The Labute approximate surface area is 157 Å². The highest BCUT2D eigenvalue weighted by molar-refractivity contribution is 5.84. The molecule has 0 saturated carbocycles. The van der Waals surface area contributed by atoms with Crippen LogP contribution in [0.15, 0.2) is 60.9 Å². The van der Waals surface area contributed by atoms with E-state index in [2.05, 4.69) is 59.7 Å². The standard InChI is InChI=1S/C20H21N7/c1-27(2)16-10-6-9-15(11-16)24-20-25-18(17-19(26-20)23-13-22-17)21-12-14-7-4-3-5-8-14/h3-11,13H,12H2,1-2H3,(H3,21,22,23,24,25,26). The topological polar surface area (TPSA) is 81.8 Å². The molecule has 4 aromatic rings. The summed E-state index contributed by atoms with van der Waals surface area (Å²) in [5.74, 6) is 1.22. The van der Waals surface area contributed by atoms with Crippen LogP contribution in [-0.4, -0.2) is 34.0 Å². The first-order valence-electron chi connectivity index (χ1n) is 8.72. The number of hydrogen-bond donors (Lipinski definition) is 3. The second kappa shape index (κ2) is 7.33. The summed E-state index contributed by atoms with van der Waals surface area (Å²) >= 11 is 0. The number of nitrogens with one attached hydrogen (secondary N) is 3. The molecule has 4 rings (SSSR count). The van der Waals surface area contributed by atoms with E-state index in [0.29, 0.717) is 24.0 Å². The summed E-state index contributed by atoms with van der Waals surface area (Å²) in [4.78, 5) is 18.6. The van der Waals surface area contributed by atoms with Gasteiger partial charge in [-0.15, -0.1) is 0 Å². The molecule has 0 aliphatic heterocycles. The number of fused-ring (bicyclic) bond motifs is 1. The fraction of sp³-hybridized carbons (Fsp3) is 0.150. The number of rotatable bonds is 6. The van der Waals surface area contributed by atoms with E-state index in [9.17, 15) is 0 Å². The van der Waals surface area contributed by atoms with Crippen LogP contribution in [0.1, 0.15) is 5.56 Å². The third-order valence-electron chi connectivity index (χ3n) is 4.21. The normalized spacial score (nSPS) is 10.7. The molecule has 136 valence electrons. The monoisotopic (exact) mass is 359 g/mol. The number of benzene rings is 2. The minimum Gasteiger partial charge on any atom is -0.378 e. The quantitative estimate of drug-likeness (QED) is 0.486. The molecule has 0 radical (unpaired) electrons. The van der Waals surface area contributed by atoms with Crippen molar-refractivity contribution in [1.29, 1.82) is 0 Å². The lowest BCUT2D eigenvalue weighted by Crippen LogP contribution is -2.09. The van der Waals surface area contributed by atoms with Crippen molar-refractivity contribution in [3.8, 4) is 0 Å². The lowest BCUT2D eigenvalue weighted by atomic mass is 10.2. The van der Waals surface area contributed by atoms with Gasteiger partial charge in [-0.2, -0.15) is 9.97 Å². The van der Waals surface area contributed by atoms with Crippen molar-refractivity contribution in [3.63, 3.8) is 0 Å². The van der Waals surface area contributed by atoms with Crippen LogP contribution in [0.3, 0.4) is 0 Å². The average Bonchev–Trinajstić information content (AvgIpc) is 3.16. The maximum absolute atomic E-state index is 4.64. The van der Waals surface area contributed by atoms with Crippen LogP contribution in [-0.2, 0) is 6.54 Å². The summed E-state index contributed by atoms with van der Waals surface area (Å²) in [7, 11) is 4.02. The molecule has 2 aromatic carbocycles. The van der Waals surface area contributed by atoms with E-state index in [1.807, 2.05) is 44.4 Å². The zero-order valence-corrected chi connectivity index (χ0v) is 15.3. The largest absolute Gasteiger partial charge is 0.378 e. The Morgan fingerprint density at radius 3 is 2.67 bits per heavy atom. The average molecular weight is 359 g/mol. The second-order valence-corrected chi connectivity index (χ2v) is 6.41. The summed E-state index contributed by atoms with van der Waals surface area (Å²) in [6.45, 7) is 0.668. The third kappa shape index (κ3) is 3.82. The fourth-order valence-corrected chi connectivity index (χ4v) is 2.79. The van der Waals surface area contributed by atoms with Gasteiger partial charge in [0.2, 0.25) is 5.95 Å². The molecule has 0 unspecified atom stereocenters. The maximum Gasteiger partial charge on any atom is 0.231 e. The third-order valence-corrected chi connectivity index (χ3v) is 4.21. The van der Waals surface area contributed by atoms with Gasteiger partial charge >= 0.3 is 0 Å². The Kier molecular flexibility index (Phi) is 4.57. The number of nitrogens with zero attached hydrogens (tertiary/aromatic N) is 4. The van der Waals surface area contributed by atoms with Gasteiger partial charge < -0.3 is 20.5 Å². The first-order chi connectivity index (χ1) is 13.2. The Bertz CT molecular complexity index is 1040. The SMILES string of the molecule is CN(C)c1cccc(Nc2nc(NCc3ccccc3)c3[nH]cnc3n2)c1. The van der Waals surface area contributed by atoms with Gasteiger partial charge in [0.25, 0.3) is 0 Å². The van der Waals surface area contributed by atoms with Crippen molar-refractivity contribution in [2.75, 3.05) is 29.6 Å². The van der Waals surface area contributed by atoms with Gasteiger partial charge in [0.05, 0.1) is 6.33 Å². The minimum atomic E-state index is 0.501. The Balaban J connectivity index is 1.61. The van der Waals surface area contributed by atoms with Crippen LogP contribution in [0.25, 0.3) is 11.2 Å². The molecule has 0 bridgehead atoms. The molecular weight excluding hydrogens is 338 g/mol. The van der Waals surface area contributed by atoms with Crippen LogP contribution in [0.5, 0.6) is 0 Å². The second-order valence-electron chi connectivity index (χ2n) is 6.41. The minimum absolute atomic E-state index is 0.501. The van der Waals surface area contributed by atoms with Crippen molar-refractivity contribution in [2.45, 2.75) is 6.54 Å². The molecule has 0 spiro atoms. The highest BCUT2D eigenvalue weighted by atomic mass is 15.2. The molecule has 3 N–H and O–H groups in total. The Morgan fingerprint density at radius 2 is 1.85 bits per heavy atom. The molecule has 0 amide bonds. The van der Waals surface area contributed by atoms with E-state index >= 15 is 0 Å². The molecular formula is C20H21N7. The van der Waals surface area contributed by atoms with E-state index in [-0.39, 0.29) is 0 Å². The fourth-order valence-electron chi connectivity index (χ4n) is 2.79. The van der Waals surface area contributed by atoms with Crippen LogP contribution in [0, 0.1) is 0 Å². The van der Waals surface area contributed by atoms with Crippen molar-refractivity contribution in [2.24, 2.45) is 0 Å². The van der Waals surface area contributed by atoms with Crippen LogP contribution in [0.4, 0.5) is 23.1 Å². The molecule has 0 aliphatic rings. The van der Waals surface area contributed by atoms with Gasteiger partial charge in [-0.05, 0) is 23.8 Å². The summed E-state index contributed by atoms with van der Waals surface area (Å²) in [5, 5.41) is 6.65. The van der Waals surface area contributed by atoms with Crippen LogP contribution < -0.4 is 15.5 Å². The van der Waals surface area contributed by atoms with Gasteiger partial charge in [0.1, 0.15) is 5.52 Å². The summed E-state index contributed by atoms with van der Waals surface area (Å²) in [6.07, 6.45) is 1.63. The highest BCUT2D eigenvalue weighted by Crippen LogP contribution is 2.23. The van der Waals surface area contributed by atoms with E-state index < -0.39 is 0 Å². The number of H-pyrrole nitrogens is 1. The molecule has 27 heavy (non-hydrogen) atoms. The first-order valence-corrected chi connectivity index (χ1v) is 8.72. The predicted octanol–water partition coefficient (Wildman–Crippen LogP) is 3.77. The zero-order valence-electron chi connectivity index (χ0n) is 15.3. The molecule has 7 heteroatoms. The molecule has 0 atom stereocenters. The number of aromatic nitrogens is 4. The van der Waals surface area contributed by atoms with Gasteiger partial charge in [-0.1, -0.05) is 36.4 Å². The Hall–Kier alpha value is -3.61. The van der Waals surface area contributed by atoms with Crippen LogP contribution in [0.2, 0.25) is 0 Å². The summed E-state index contributed by atoms with van der Waals surface area (Å²) in [5.41, 5.74) is 4.61.